The maximum absolute atomic E-state index is 5.29. The van der Waals surface area contributed by atoms with Crippen LogP contribution in [-0.2, 0) is 6.42 Å². The molecule has 4 heteroatoms. The van der Waals surface area contributed by atoms with Gasteiger partial charge in [-0.25, -0.2) is 0 Å². The molecule has 0 atom stereocenters. The van der Waals surface area contributed by atoms with E-state index in [0.29, 0.717) is 18.1 Å². The molecule has 94 valence electrons. The molecule has 0 unspecified atom stereocenters. The van der Waals surface area contributed by atoms with Crippen LogP contribution in [0.3, 0.4) is 0 Å². The van der Waals surface area contributed by atoms with E-state index in [9.17, 15) is 0 Å². The van der Waals surface area contributed by atoms with Gasteiger partial charge in [-0.3, -0.25) is 0 Å². The maximum Gasteiger partial charge on any atom is 0.259 e. The Morgan fingerprint density at radius 1 is 0.947 bits per heavy atom. The summed E-state index contributed by atoms with van der Waals surface area (Å²) in [6.07, 6.45) is 0.666. The highest BCUT2D eigenvalue weighted by atomic mass is 32.1. The topological polar surface area (TPSA) is 38.9 Å². The first kappa shape index (κ1) is 12.0. The Hall–Kier alpha value is -2.07. The van der Waals surface area contributed by atoms with Crippen molar-refractivity contribution in [1.82, 2.24) is 10.1 Å². The molecule has 3 aromatic rings. The monoisotopic (exact) mass is 268 g/mol. The third-order valence-corrected chi connectivity index (χ3v) is 3.20. The zero-order valence-corrected chi connectivity index (χ0v) is 11.0. The van der Waals surface area contributed by atoms with Crippen LogP contribution in [0.15, 0.2) is 64.0 Å². The summed E-state index contributed by atoms with van der Waals surface area (Å²) in [6, 6.07) is 17.7. The van der Waals surface area contributed by atoms with E-state index in [1.165, 1.54) is 0 Å². The number of benzene rings is 2. The summed E-state index contributed by atoms with van der Waals surface area (Å²) < 4.78 is 5.29. The molecule has 2 aromatic carbocycles. The van der Waals surface area contributed by atoms with Gasteiger partial charge in [-0.2, -0.15) is 4.98 Å². The van der Waals surface area contributed by atoms with E-state index in [1.807, 2.05) is 54.6 Å². The Labute approximate surface area is 116 Å². The van der Waals surface area contributed by atoms with Crippen LogP contribution in [0.1, 0.15) is 11.4 Å². The number of aromatic nitrogens is 2. The van der Waals surface area contributed by atoms with Crippen molar-refractivity contribution in [3.05, 3.63) is 66.0 Å². The molecule has 3 nitrogen and oxygen atoms in total. The van der Waals surface area contributed by atoms with E-state index in [-0.39, 0.29) is 0 Å². The molecule has 0 amide bonds. The highest BCUT2D eigenvalue weighted by Crippen LogP contribution is 2.24. The van der Waals surface area contributed by atoms with Crippen LogP contribution in [-0.4, -0.2) is 10.1 Å². The van der Waals surface area contributed by atoms with Crippen LogP contribution < -0.4 is 0 Å². The van der Waals surface area contributed by atoms with E-state index in [4.69, 9.17) is 4.52 Å². The summed E-state index contributed by atoms with van der Waals surface area (Å²) in [6.45, 7) is 0. The lowest BCUT2D eigenvalue weighted by Gasteiger charge is -1.97. The average molecular weight is 268 g/mol. The van der Waals surface area contributed by atoms with Crippen molar-refractivity contribution < 1.29 is 4.52 Å². The molecule has 0 aliphatic rings. The zero-order chi connectivity index (χ0) is 13.1. The van der Waals surface area contributed by atoms with Crippen molar-refractivity contribution in [1.29, 1.82) is 0 Å². The molecule has 0 N–H and O–H groups in total. The largest absolute Gasteiger partial charge is 0.334 e. The molecule has 1 heterocycles. The molecular weight excluding hydrogens is 256 g/mol. The van der Waals surface area contributed by atoms with Crippen LogP contribution in [0, 0.1) is 0 Å². The lowest BCUT2D eigenvalue weighted by Crippen LogP contribution is -1.90. The molecule has 0 saturated carbocycles. The Kier molecular flexibility index (Phi) is 3.33. The lowest BCUT2D eigenvalue weighted by atomic mass is 10.1. The molecular formula is C15H12N2OS. The second-order valence-corrected chi connectivity index (χ2v) is 4.68. The molecule has 0 radical (unpaired) electrons. The minimum Gasteiger partial charge on any atom is -0.334 e. The second-order valence-electron chi connectivity index (χ2n) is 4.20. The van der Waals surface area contributed by atoms with Gasteiger partial charge in [0, 0.05) is 11.3 Å². The Bertz CT molecular complexity index is 679. The van der Waals surface area contributed by atoms with Gasteiger partial charge in [0.05, 0.1) is 5.56 Å². The van der Waals surface area contributed by atoms with E-state index >= 15 is 0 Å². The summed E-state index contributed by atoms with van der Waals surface area (Å²) in [7, 11) is 0. The normalized spacial score (nSPS) is 10.6. The third kappa shape index (κ3) is 2.69. The van der Waals surface area contributed by atoms with Gasteiger partial charge >= 0.3 is 0 Å². The van der Waals surface area contributed by atoms with Crippen molar-refractivity contribution >= 4 is 12.6 Å². The van der Waals surface area contributed by atoms with E-state index in [2.05, 4.69) is 22.8 Å². The highest BCUT2D eigenvalue weighted by Gasteiger charge is 2.11. The predicted octanol–water partition coefficient (Wildman–Crippen LogP) is 3.62. The summed E-state index contributed by atoms with van der Waals surface area (Å²) >= 11 is 4.39. The van der Waals surface area contributed by atoms with Crippen LogP contribution in [0.25, 0.3) is 11.5 Å². The summed E-state index contributed by atoms with van der Waals surface area (Å²) in [5, 5.41) is 4.01. The quantitative estimate of drug-likeness (QED) is 0.737. The van der Waals surface area contributed by atoms with Crippen molar-refractivity contribution in [2.75, 3.05) is 0 Å². The smallest absolute Gasteiger partial charge is 0.259 e. The fourth-order valence-corrected chi connectivity index (χ4v) is 2.12. The van der Waals surface area contributed by atoms with E-state index in [1.54, 1.807) is 0 Å². The molecule has 0 spiro atoms. The first-order valence-electron chi connectivity index (χ1n) is 5.98. The maximum atomic E-state index is 5.29. The van der Waals surface area contributed by atoms with Crippen molar-refractivity contribution in [3.63, 3.8) is 0 Å². The molecule has 0 fully saturated rings. The summed E-state index contributed by atoms with van der Waals surface area (Å²) in [5.74, 6) is 1.19. The first-order valence-corrected chi connectivity index (χ1v) is 6.42. The number of thiol groups is 1. The molecule has 0 aliphatic heterocycles. The number of nitrogens with zero attached hydrogens (tertiary/aromatic N) is 2. The van der Waals surface area contributed by atoms with E-state index < -0.39 is 0 Å². The van der Waals surface area contributed by atoms with Gasteiger partial charge in [-0.05, 0) is 17.7 Å². The third-order valence-electron chi connectivity index (χ3n) is 2.81. The van der Waals surface area contributed by atoms with Crippen LogP contribution >= 0.6 is 12.6 Å². The minimum atomic E-state index is 0.511. The summed E-state index contributed by atoms with van der Waals surface area (Å²) in [5.41, 5.74) is 2.02. The van der Waals surface area contributed by atoms with Gasteiger partial charge in [0.25, 0.3) is 5.89 Å². The Morgan fingerprint density at radius 2 is 1.68 bits per heavy atom. The SMILES string of the molecule is Sc1ccccc1-c1nc(Cc2ccccc2)no1. The molecule has 1 aromatic heterocycles. The van der Waals surface area contributed by atoms with Crippen LogP contribution in [0.2, 0.25) is 0 Å². The van der Waals surface area contributed by atoms with Gasteiger partial charge in [0.2, 0.25) is 0 Å². The average Bonchev–Trinajstić information content (AvgIpc) is 2.89. The fourth-order valence-electron chi connectivity index (χ4n) is 1.87. The number of hydrogen-bond donors (Lipinski definition) is 1. The standard InChI is InChI=1S/C15H12N2OS/c19-13-9-5-4-8-12(13)15-16-14(17-18-15)10-11-6-2-1-3-7-11/h1-9,19H,10H2. The second kappa shape index (κ2) is 5.28. The van der Waals surface area contributed by atoms with Gasteiger partial charge < -0.3 is 4.52 Å². The fraction of sp³-hybridized carbons (Fsp3) is 0.0667. The molecule has 3 rings (SSSR count). The van der Waals surface area contributed by atoms with Crippen molar-refractivity contribution in [2.45, 2.75) is 11.3 Å². The van der Waals surface area contributed by atoms with Gasteiger partial charge in [-0.1, -0.05) is 47.6 Å². The zero-order valence-electron chi connectivity index (χ0n) is 10.2. The Balaban J connectivity index is 1.86. The van der Waals surface area contributed by atoms with Crippen LogP contribution in [0.4, 0.5) is 0 Å². The Morgan fingerprint density at radius 3 is 2.47 bits per heavy atom. The predicted molar refractivity (Wildman–Crippen MR) is 76.2 cm³/mol. The van der Waals surface area contributed by atoms with E-state index in [0.717, 1.165) is 16.0 Å². The number of hydrogen-bond acceptors (Lipinski definition) is 4. The van der Waals surface area contributed by atoms with Gasteiger partial charge in [0.15, 0.2) is 5.82 Å². The van der Waals surface area contributed by atoms with Crippen molar-refractivity contribution in [3.8, 4) is 11.5 Å². The molecule has 0 aliphatic carbocycles. The summed E-state index contributed by atoms with van der Waals surface area (Å²) in [4.78, 5) is 5.24. The van der Waals surface area contributed by atoms with Gasteiger partial charge in [0.1, 0.15) is 0 Å². The molecule has 0 saturated heterocycles. The lowest BCUT2D eigenvalue weighted by molar-refractivity contribution is 0.423. The first-order chi connectivity index (χ1) is 9.33. The molecule has 0 bridgehead atoms. The minimum absolute atomic E-state index is 0.511. The molecule has 19 heavy (non-hydrogen) atoms. The highest BCUT2D eigenvalue weighted by molar-refractivity contribution is 7.80. The van der Waals surface area contributed by atoms with Crippen LogP contribution in [0.5, 0.6) is 0 Å². The number of rotatable bonds is 3. The van der Waals surface area contributed by atoms with Gasteiger partial charge in [-0.15, -0.1) is 12.6 Å². The van der Waals surface area contributed by atoms with Crippen molar-refractivity contribution in [2.24, 2.45) is 0 Å².